The van der Waals surface area contributed by atoms with Crippen LogP contribution < -0.4 is 0 Å². The van der Waals surface area contributed by atoms with E-state index in [0.29, 0.717) is 16.3 Å². The molecule has 0 saturated carbocycles. The monoisotopic (exact) mass is 233 g/mol. The van der Waals surface area contributed by atoms with Crippen molar-refractivity contribution in [1.82, 2.24) is 0 Å². The molecule has 0 atom stereocenters. The van der Waals surface area contributed by atoms with Crippen molar-refractivity contribution in [3.05, 3.63) is 28.8 Å². The zero-order chi connectivity index (χ0) is 11.8. The molecule has 0 saturated heterocycles. The van der Waals surface area contributed by atoms with Gasteiger partial charge in [-0.15, -0.1) is 0 Å². The topological polar surface area (TPSA) is 29.4 Å². The second kappa shape index (κ2) is 6.85. The Labute approximate surface area is 100 Å². The number of halogens is 1. The molecular weight excluding hydrogens is 222 g/mol. The van der Waals surface area contributed by atoms with Gasteiger partial charge in [0.1, 0.15) is 0 Å². The van der Waals surface area contributed by atoms with Crippen molar-refractivity contribution >= 4 is 23.4 Å². The van der Waals surface area contributed by atoms with E-state index in [0.717, 1.165) is 19.3 Å². The van der Waals surface area contributed by atoms with Gasteiger partial charge in [-0.1, -0.05) is 36.8 Å². The third kappa shape index (κ3) is 3.90. The molecule has 0 fully saturated rings. The number of aliphatic imine (C=N–C) groups is 1. The quantitative estimate of drug-likeness (QED) is 0.338. The van der Waals surface area contributed by atoms with E-state index in [1.165, 1.54) is 6.08 Å². The summed E-state index contributed by atoms with van der Waals surface area (Å²) in [4.78, 5) is 13.8. The van der Waals surface area contributed by atoms with Gasteiger partial charge in [0, 0.05) is 11.4 Å². The fourth-order valence-electron chi connectivity index (χ4n) is 1.18. The molecule has 1 aromatic rings. The molecule has 1 aromatic carbocycles. The summed E-state index contributed by atoms with van der Waals surface area (Å²) in [6, 6.07) is 5.04. The van der Waals surface area contributed by atoms with E-state index < -0.39 is 0 Å². The Morgan fingerprint density at radius 2 is 2.25 bits per heavy atom. The van der Waals surface area contributed by atoms with Crippen molar-refractivity contribution < 1.29 is 4.79 Å². The van der Waals surface area contributed by atoms with Crippen LogP contribution >= 0.6 is 11.6 Å². The Bertz CT molecular complexity index is 465. The molecule has 16 heavy (non-hydrogen) atoms. The molecule has 0 amide bonds. The third-order valence-corrected chi connectivity index (χ3v) is 2.24. The molecule has 0 N–H and O–H groups in total. The fourth-order valence-corrected chi connectivity index (χ4v) is 1.35. The second-order valence-corrected chi connectivity index (χ2v) is 3.71. The zero-order valence-corrected chi connectivity index (χ0v) is 9.84. The molecular formula is C13H12ClNO. The van der Waals surface area contributed by atoms with Gasteiger partial charge in [-0.2, -0.15) is 4.99 Å². The predicted octanol–water partition coefficient (Wildman–Crippen LogP) is 3.85. The summed E-state index contributed by atoms with van der Waals surface area (Å²) in [7, 11) is 0. The first-order valence-electron chi connectivity index (χ1n) is 5.14. The van der Waals surface area contributed by atoms with E-state index in [-0.39, 0.29) is 0 Å². The summed E-state index contributed by atoms with van der Waals surface area (Å²) in [6.45, 7) is 2.11. The van der Waals surface area contributed by atoms with Crippen LogP contribution in [-0.4, -0.2) is 6.08 Å². The number of unbranched alkanes of at least 4 members (excludes halogenated alkanes) is 2. The number of hydrogen-bond acceptors (Lipinski definition) is 2. The smallest absolute Gasteiger partial charge is 0.211 e. The van der Waals surface area contributed by atoms with Crippen LogP contribution in [0.1, 0.15) is 31.7 Å². The Morgan fingerprint density at radius 3 is 2.94 bits per heavy atom. The Hall–Kier alpha value is -1.55. The number of benzene rings is 1. The van der Waals surface area contributed by atoms with Gasteiger partial charge in [0.2, 0.25) is 6.08 Å². The normalized spacial score (nSPS) is 8.88. The van der Waals surface area contributed by atoms with Crippen LogP contribution in [-0.2, 0) is 4.79 Å². The number of hydrogen-bond donors (Lipinski definition) is 0. The van der Waals surface area contributed by atoms with Crippen molar-refractivity contribution in [3.63, 3.8) is 0 Å². The largest absolute Gasteiger partial charge is 0.240 e. The molecule has 0 aliphatic heterocycles. The minimum atomic E-state index is 0.517. The van der Waals surface area contributed by atoms with Crippen molar-refractivity contribution in [2.45, 2.75) is 26.2 Å². The first-order valence-corrected chi connectivity index (χ1v) is 5.52. The van der Waals surface area contributed by atoms with Gasteiger partial charge in [-0.05, 0) is 24.6 Å². The summed E-state index contributed by atoms with van der Waals surface area (Å²) in [5, 5.41) is 0.588. The van der Waals surface area contributed by atoms with Gasteiger partial charge in [-0.3, -0.25) is 0 Å². The van der Waals surface area contributed by atoms with Crippen LogP contribution in [0.5, 0.6) is 0 Å². The lowest BCUT2D eigenvalue weighted by atomic mass is 10.1. The number of isocyanates is 1. The van der Waals surface area contributed by atoms with Crippen LogP contribution in [0.15, 0.2) is 23.2 Å². The molecule has 82 valence electrons. The van der Waals surface area contributed by atoms with E-state index in [9.17, 15) is 4.79 Å². The van der Waals surface area contributed by atoms with Crippen molar-refractivity contribution in [2.24, 2.45) is 4.99 Å². The highest BCUT2D eigenvalue weighted by atomic mass is 35.5. The standard InChI is InChI=1S/C13H12ClNO/c1-2-3-4-5-6-11-9-12(14)7-8-13(11)15-10-16/h7-9H,2-4H2,1H3. The van der Waals surface area contributed by atoms with Gasteiger partial charge in [0.25, 0.3) is 0 Å². The first kappa shape index (κ1) is 12.5. The highest BCUT2D eigenvalue weighted by Crippen LogP contribution is 2.21. The van der Waals surface area contributed by atoms with E-state index >= 15 is 0 Å². The first-order chi connectivity index (χ1) is 7.77. The van der Waals surface area contributed by atoms with E-state index in [1.807, 2.05) is 0 Å². The summed E-state index contributed by atoms with van der Waals surface area (Å²) in [5.74, 6) is 6.00. The highest BCUT2D eigenvalue weighted by molar-refractivity contribution is 6.30. The van der Waals surface area contributed by atoms with Crippen molar-refractivity contribution in [2.75, 3.05) is 0 Å². The number of rotatable bonds is 3. The van der Waals surface area contributed by atoms with E-state index in [1.54, 1.807) is 18.2 Å². The predicted molar refractivity (Wildman–Crippen MR) is 65.6 cm³/mol. The van der Waals surface area contributed by atoms with Crippen LogP contribution in [0.25, 0.3) is 0 Å². The summed E-state index contributed by atoms with van der Waals surface area (Å²) in [6.07, 6.45) is 4.53. The van der Waals surface area contributed by atoms with E-state index in [4.69, 9.17) is 11.6 Å². The molecule has 0 radical (unpaired) electrons. The Morgan fingerprint density at radius 1 is 1.44 bits per heavy atom. The minimum Gasteiger partial charge on any atom is -0.211 e. The van der Waals surface area contributed by atoms with Crippen molar-refractivity contribution in [1.29, 1.82) is 0 Å². The number of carbonyl (C=O) groups excluding carboxylic acids is 1. The van der Waals surface area contributed by atoms with Gasteiger partial charge >= 0.3 is 0 Å². The summed E-state index contributed by atoms with van der Waals surface area (Å²) in [5.41, 5.74) is 1.19. The second-order valence-electron chi connectivity index (χ2n) is 3.27. The molecule has 2 nitrogen and oxygen atoms in total. The van der Waals surface area contributed by atoms with Crippen LogP contribution in [0, 0.1) is 11.8 Å². The molecule has 0 aliphatic carbocycles. The molecule has 0 spiro atoms. The SMILES string of the molecule is CCCCC#Cc1cc(Cl)ccc1N=C=O. The van der Waals surface area contributed by atoms with Crippen LogP contribution in [0.4, 0.5) is 5.69 Å². The van der Waals surface area contributed by atoms with Crippen LogP contribution in [0.3, 0.4) is 0 Å². The van der Waals surface area contributed by atoms with Crippen LogP contribution in [0.2, 0.25) is 5.02 Å². The van der Waals surface area contributed by atoms with E-state index in [2.05, 4.69) is 23.8 Å². The lowest BCUT2D eigenvalue weighted by Gasteiger charge is -1.96. The minimum absolute atomic E-state index is 0.517. The van der Waals surface area contributed by atoms with Gasteiger partial charge in [0.05, 0.1) is 11.3 Å². The lowest BCUT2D eigenvalue weighted by molar-refractivity contribution is 0.565. The summed E-state index contributed by atoms with van der Waals surface area (Å²) < 4.78 is 0. The molecule has 1 rings (SSSR count). The zero-order valence-electron chi connectivity index (χ0n) is 9.09. The van der Waals surface area contributed by atoms with Crippen molar-refractivity contribution in [3.8, 4) is 11.8 Å². The maximum Gasteiger partial charge on any atom is 0.240 e. The maximum atomic E-state index is 10.2. The third-order valence-electron chi connectivity index (χ3n) is 2.00. The fraction of sp³-hybridized carbons (Fsp3) is 0.308. The van der Waals surface area contributed by atoms with Gasteiger partial charge < -0.3 is 0 Å². The Kier molecular flexibility index (Phi) is 5.36. The van der Waals surface area contributed by atoms with Gasteiger partial charge in [0.15, 0.2) is 0 Å². The maximum absolute atomic E-state index is 10.2. The van der Waals surface area contributed by atoms with Gasteiger partial charge in [-0.25, -0.2) is 4.79 Å². The molecule has 0 heterocycles. The molecule has 0 bridgehead atoms. The Balaban J connectivity index is 2.94. The summed E-state index contributed by atoms with van der Waals surface area (Å²) >= 11 is 5.85. The molecule has 0 aromatic heterocycles. The average molecular weight is 234 g/mol. The number of nitrogens with zero attached hydrogens (tertiary/aromatic N) is 1. The molecule has 0 aliphatic rings. The lowest BCUT2D eigenvalue weighted by Crippen LogP contribution is -1.77. The highest BCUT2D eigenvalue weighted by Gasteiger charge is 1.99. The average Bonchev–Trinajstić information content (AvgIpc) is 2.28. The molecule has 3 heteroatoms. The molecule has 0 unspecified atom stereocenters.